The van der Waals surface area contributed by atoms with Crippen molar-refractivity contribution in [2.45, 2.75) is 26.2 Å². The lowest BCUT2D eigenvalue weighted by Crippen LogP contribution is -2.49. The number of rotatable bonds is 0. The third kappa shape index (κ3) is 1.90. The van der Waals surface area contributed by atoms with E-state index in [-0.39, 0.29) is 0 Å². The summed E-state index contributed by atoms with van der Waals surface area (Å²) in [5.74, 6) is 0. The number of fused-ring (bicyclic) bond motifs is 7. The van der Waals surface area contributed by atoms with E-state index in [1.165, 1.54) is 33.0 Å². The van der Waals surface area contributed by atoms with Gasteiger partial charge in [-0.15, -0.1) is 0 Å². The van der Waals surface area contributed by atoms with Gasteiger partial charge < -0.3 is 0 Å². The van der Waals surface area contributed by atoms with Gasteiger partial charge in [-0.1, -0.05) is 86.9 Å². The molecule has 0 bridgehead atoms. The fourth-order valence-corrected chi connectivity index (χ4v) is 11.8. The SMILES string of the molecule is C[Si]1(C)c2ccccc2-c2cc3cc4c(cc3cc21)[Si](C)(C)c1ccccc1-4. The van der Waals surface area contributed by atoms with Gasteiger partial charge in [0.25, 0.3) is 0 Å². The summed E-state index contributed by atoms with van der Waals surface area (Å²) in [4.78, 5) is 0. The Bertz CT molecular complexity index is 1210. The topological polar surface area (TPSA) is 0 Å². The van der Waals surface area contributed by atoms with Gasteiger partial charge in [-0.3, -0.25) is 0 Å². The third-order valence-corrected chi connectivity index (χ3v) is 14.3. The van der Waals surface area contributed by atoms with Gasteiger partial charge in [-0.25, -0.2) is 0 Å². The molecule has 0 atom stereocenters. The third-order valence-electron chi connectivity index (χ3n) is 7.24. The first-order chi connectivity index (χ1) is 13.4. The maximum Gasteiger partial charge on any atom is 0.113 e. The highest BCUT2D eigenvalue weighted by molar-refractivity contribution is 7.04. The Morgan fingerprint density at radius 3 is 1.29 bits per heavy atom. The number of hydrogen-bond donors (Lipinski definition) is 0. The van der Waals surface area contributed by atoms with E-state index in [0.29, 0.717) is 0 Å². The Morgan fingerprint density at radius 1 is 0.429 bits per heavy atom. The molecule has 0 nitrogen and oxygen atoms in total. The maximum atomic E-state index is 2.53. The van der Waals surface area contributed by atoms with Crippen LogP contribution >= 0.6 is 0 Å². The molecule has 2 aliphatic heterocycles. The molecule has 0 N–H and O–H groups in total. The number of benzene rings is 4. The van der Waals surface area contributed by atoms with Crippen LogP contribution in [0.5, 0.6) is 0 Å². The highest BCUT2D eigenvalue weighted by Gasteiger charge is 2.39. The minimum atomic E-state index is -1.61. The normalized spacial score (nSPS) is 17.1. The Kier molecular flexibility index (Phi) is 3.03. The van der Waals surface area contributed by atoms with E-state index >= 15 is 0 Å². The van der Waals surface area contributed by atoms with Gasteiger partial charge in [-0.05, 0) is 65.9 Å². The van der Waals surface area contributed by atoms with Crippen molar-refractivity contribution in [1.29, 1.82) is 0 Å². The van der Waals surface area contributed by atoms with Crippen LogP contribution in [0.3, 0.4) is 0 Å². The highest BCUT2D eigenvalue weighted by atomic mass is 28.3. The Hall–Kier alpha value is -2.43. The predicted octanol–water partition coefficient (Wildman–Crippen LogP) is 4.45. The van der Waals surface area contributed by atoms with Crippen molar-refractivity contribution < 1.29 is 0 Å². The lowest BCUT2D eigenvalue weighted by Gasteiger charge is -2.21. The smallest absolute Gasteiger partial charge is 0.0623 e. The highest BCUT2D eigenvalue weighted by Crippen LogP contribution is 2.35. The van der Waals surface area contributed by atoms with E-state index in [0.717, 1.165) is 0 Å². The molecule has 0 saturated heterocycles. The monoisotopic (exact) mass is 392 g/mol. The van der Waals surface area contributed by atoms with Crippen molar-refractivity contribution in [2.75, 3.05) is 0 Å². The van der Waals surface area contributed by atoms with Crippen molar-refractivity contribution in [1.82, 2.24) is 0 Å². The second-order valence-corrected chi connectivity index (χ2v) is 18.1. The average molecular weight is 393 g/mol. The summed E-state index contributed by atoms with van der Waals surface area (Å²) in [6.45, 7) is 10.0. The molecule has 6 rings (SSSR count). The van der Waals surface area contributed by atoms with Crippen LogP contribution in [0.1, 0.15) is 0 Å². The second kappa shape index (κ2) is 5.13. The average Bonchev–Trinajstić information content (AvgIpc) is 3.05. The second-order valence-electron chi connectivity index (χ2n) is 9.48. The van der Waals surface area contributed by atoms with Crippen LogP contribution in [0.4, 0.5) is 0 Å². The van der Waals surface area contributed by atoms with Gasteiger partial charge in [0.05, 0.1) is 0 Å². The molecule has 0 fully saturated rings. The molecule has 2 heteroatoms. The zero-order valence-corrected chi connectivity index (χ0v) is 18.9. The van der Waals surface area contributed by atoms with Crippen LogP contribution in [-0.4, -0.2) is 16.1 Å². The van der Waals surface area contributed by atoms with Gasteiger partial charge in [-0.2, -0.15) is 0 Å². The summed E-state index contributed by atoms with van der Waals surface area (Å²) < 4.78 is 0. The predicted molar refractivity (Wildman–Crippen MR) is 128 cm³/mol. The van der Waals surface area contributed by atoms with Gasteiger partial charge >= 0.3 is 0 Å². The molecule has 0 aromatic heterocycles. The first-order valence-corrected chi connectivity index (χ1v) is 16.2. The summed E-state index contributed by atoms with van der Waals surface area (Å²) >= 11 is 0. The molecule has 28 heavy (non-hydrogen) atoms. The first kappa shape index (κ1) is 16.5. The van der Waals surface area contributed by atoms with Gasteiger partial charge in [0.15, 0.2) is 0 Å². The summed E-state index contributed by atoms with van der Waals surface area (Å²) in [6.07, 6.45) is 0. The molecule has 0 unspecified atom stereocenters. The lowest BCUT2D eigenvalue weighted by atomic mass is 9.98. The van der Waals surface area contributed by atoms with Gasteiger partial charge in [0.2, 0.25) is 0 Å². The van der Waals surface area contributed by atoms with Gasteiger partial charge in [0.1, 0.15) is 16.1 Å². The zero-order chi connectivity index (χ0) is 19.3. The maximum absolute atomic E-state index is 2.53. The minimum absolute atomic E-state index is 1.39. The van der Waals surface area contributed by atoms with E-state index in [1.807, 2.05) is 0 Å². The summed E-state index contributed by atoms with van der Waals surface area (Å²) in [6, 6.07) is 28.2. The van der Waals surface area contributed by atoms with Crippen molar-refractivity contribution in [3.63, 3.8) is 0 Å². The number of hydrogen-bond acceptors (Lipinski definition) is 0. The summed E-state index contributed by atoms with van der Waals surface area (Å²) in [7, 11) is -3.22. The molecule has 0 radical (unpaired) electrons. The molecular formula is C26H24Si2. The van der Waals surface area contributed by atoms with E-state index in [9.17, 15) is 0 Å². The molecule has 4 aromatic carbocycles. The Balaban J connectivity index is 1.69. The van der Waals surface area contributed by atoms with E-state index in [2.05, 4.69) is 99.0 Å². The Labute approximate surface area is 168 Å². The Morgan fingerprint density at radius 2 is 0.821 bits per heavy atom. The minimum Gasteiger partial charge on any atom is -0.0623 e. The molecule has 0 spiro atoms. The molecule has 0 amide bonds. The molecule has 0 saturated carbocycles. The van der Waals surface area contributed by atoms with Crippen molar-refractivity contribution >= 4 is 47.7 Å². The summed E-state index contributed by atoms with van der Waals surface area (Å²) in [5.41, 5.74) is 5.88. The fraction of sp³-hybridized carbons (Fsp3) is 0.154. The van der Waals surface area contributed by atoms with Crippen molar-refractivity contribution in [2.24, 2.45) is 0 Å². The van der Waals surface area contributed by atoms with Crippen LogP contribution in [0.15, 0.2) is 72.8 Å². The van der Waals surface area contributed by atoms with Crippen molar-refractivity contribution in [3.8, 4) is 22.3 Å². The zero-order valence-electron chi connectivity index (χ0n) is 16.9. The summed E-state index contributed by atoms with van der Waals surface area (Å²) in [5, 5.41) is 9.22. The standard InChI is InChI=1S/C26H24Si2/c1-27(2)23-11-7-5-9-19(23)21-13-17-14-22-20-10-6-8-12-24(20)28(3,4)26(22)16-18(17)15-25(21)27/h5-16H,1-4H3. The quantitative estimate of drug-likeness (QED) is 0.388. The van der Waals surface area contributed by atoms with E-state index < -0.39 is 16.1 Å². The molecular weight excluding hydrogens is 368 g/mol. The first-order valence-electron chi connectivity index (χ1n) is 10.2. The molecule has 0 aliphatic carbocycles. The van der Waals surface area contributed by atoms with Gasteiger partial charge in [0, 0.05) is 0 Å². The lowest BCUT2D eigenvalue weighted by molar-refractivity contribution is 1.72. The molecule has 2 aliphatic rings. The molecule has 4 aromatic rings. The van der Waals surface area contributed by atoms with Crippen LogP contribution in [-0.2, 0) is 0 Å². The van der Waals surface area contributed by atoms with Crippen LogP contribution in [0, 0.1) is 0 Å². The van der Waals surface area contributed by atoms with E-state index in [4.69, 9.17) is 0 Å². The van der Waals surface area contributed by atoms with E-state index in [1.54, 1.807) is 20.7 Å². The van der Waals surface area contributed by atoms with Crippen LogP contribution in [0.2, 0.25) is 26.2 Å². The molecule has 2 heterocycles. The molecule has 136 valence electrons. The largest absolute Gasteiger partial charge is 0.113 e. The fourth-order valence-electron chi connectivity index (χ4n) is 5.65. The van der Waals surface area contributed by atoms with Crippen molar-refractivity contribution in [3.05, 3.63) is 72.8 Å². The van der Waals surface area contributed by atoms with Crippen LogP contribution < -0.4 is 20.7 Å². The van der Waals surface area contributed by atoms with Crippen LogP contribution in [0.25, 0.3) is 33.0 Å².